The zero-order valence-electron chi connectivity index (χ0n) is 24.9. The number of aliphatic hydroxyl groups excluding tert-OH is 1. The van der Waals surface area contributed by atoms with Crippen molar-refractivity contribution in [1.82, 2.24) is 9.80 Å². The third-order valence-electron chi connectivity index (χ3n) is 10.0. The zero-order valence-corrected chi connectivity index (χ0v) is 25.7. The molecule has 1 aromatic rings. The van der Waals surface area contributed by atoms with E-state index in [1.807, 2.05) is 35.2 Å². The van der Waals surface area contributed by atoms with E-state index in [9.17, 15) is 19.5 Å². The van der Waals surface area contributed by atoms with Crippen LogP contribution in [0.1, 0.15) is 63.9 Å². The molecule has 3 heterocycles. The second-order valence-electron chi connectivity index (χ2n) is 12.5. The quantitative estimate of drug-likeness (QED) is 0.201. The average Bonchev–Trinajstić information content (AvgIpc) is 3.61. The van der Waals surface area contributed by atoms with Crippen molar-refractivity contribution in [2.75, 3.05) is 19.8 Å². The molecule has 1 saturated carbocycles. The number of benzene rings is 1. The Kier molecular flexibility index (Phi) is 9.83. The van der Waals surface area contributed by atoms with Crippen molar-refractivity contribution in [1.29, 1.82) is 0 Å². The van der Waals surface area contributed by atoms with Gasteiger partial charge < -0.3 is 19.6 Å². The fourth-order valence-corrected chi connectivity index (χ4v) is 10.5. The molecule has 3 aliphatic heterocycles. The highest BCUT2D eigenvalue weighted by atomic mass is 32.2. The number of esters is 1. The molecule has 5 rings (SSSR count). The summed E-state index contributed by atoms with van der Waals surface area (Å²) in [5, 5.41) is 10.7. The van der Waals surface area contributed by atoms with Gasteiger partial charge in [-0.15, -0.1) is 24.9 Å². The van der Waals surface area contributed by atoms with Crippen molar-refractivity contribution in [2.45, 2.75) is 92.8 Å². The summed E-state index contributed by atoms with van der Waals surface area (Å²) in [7, 11) is 0. The molecule has 1 aromatic carbocycles. The van der Waals surface area contributed by atoms with Crippen LogP contribution in [0.15, 0.2) is 55.6 Å². The smallest absolute Gasteiger partial charge is 0.310 e. The molecular weight excluding hydrogens is 548 g/mol. The van der Waals surface area contributed by atoms with Gasteiger partial charge in [-0.05, 0) is 50.0 Å². The molecule has 42 heavy (non-hydrogen) atoms. The van der Waals surface area contributed by atoms with E-state index in [-0.39, 0.29) is 48.2 Å². The van der Waals surface area contributed by atoms with Crippen LogP contribution in [-0.4, -0.2) is 80.6 Å². The maximum Gasteiger partial charge on any atom is 0.310 e. The van der Waals surface area contributed by atoms with Crippen LogP contribution in [0.2, 0.25) is 0 Å². The van der Waals surface area contributed by atoms with E-state index < -0.39 is 28.7 Å². The number of nitrogens with zero attached hydrogens (tertiary/aromatic N) is 2. The Hall–Kier alpha value is -2.58. The zero-order chi connectivity index (χ0) is 29.9. The Morgan fingerprint density at radius 3 is 2.60 bits per heavy atom. The number of unbranched alkanes of at least 4 members (excludes halogenated alkanes) is 1. The lowest BCUT2D eigenvalue weighted by Crippen LogP contribution is -2.61. The van der Waals surface area contributed by atoms with E-state index in [2.05, 4.69) is 20.1 Å². The number of fused-ring (bicyclic) bond motifs is 1. The van der Waals surface area contributed by atoms with Crippen LogP contribution in [0.25, 0.3) is 0 Å². The number of rotatable bonds is 13. The van der Waals surface area contributed by atoms with Crippen molar-refractivity contribution in [3.8, 4) is 0 Å². The van der Waals surface area contributed by atoms with Crippen LogP contribution < -0.4 is 0 Å². The van der Waals surface area contributed by atoms with Crippen LogP contribution in [0.5, 0.6) is 0 Å². The summed E-state index contributed by atoms with van der Waals surface area (Å²) in [6, 6.07) is 8.55. The number of allylic oxidation sites excluding steroid dienone is 1. The average molecular weight is 595 g/mol. The molecule has 1 N–H and O–H groups in total. The van der Waals surface area contributed by atoms with Crippen LogP contribution >= 0.6 is 11.8 Å². The first kappa shape index (κ1) is 30.9. The van der Waals surface area contributed by atoms with Crippen molar-refractivity contribution in [3.63, 3.8) is 0 Å². The van der Waals surface area contributed by atoms with Crippen LogP contribution in [0, 0.1) is 17.8 Å². The number of likely N-dealkylation sites (tertiary alicyclic amines) is 1. The molecule has 0 aromatic heterocycles. The summed E-state index contributed by atoms with van der Waals surface area (Å²) in [5.74, 6) is -1.79. The minimum Gasteiger partial charge on any atom is -0.465 e. The van der Waals surface area contributed by atoms with Gasteiger partial charge in [0.25, 0.3) is 0 Å². The van der Waals surface area contributed by atoms with Gasteiger partial charge in [-0.1, -0.05) is 68.7 Å². The number of amides is 2. The van der Waals surface area contributed by atoms with Gasteiger partial charge in [-0.25, -0.2) is 0 Å². The van der Waals surface area contributed by atoms with E-state index >= 15 is 0 Å². The van der Waals surface area contributed by atoms with Crippen LogP contribution in [-0.2, 0) is 25.5 Å². The van der Waals surface area contributed by atoms with Gasteiger partial charge in [0.05, 0.1) is 35.8 Å². The lowest BCUT2D eigenvalue weighted by atomic mass is 9.66. The first-order chi connectivity index (χ1) is 20.4. The third kappa shape index (κ3) is 5.45. The molecule has 1 spiro atoms. The van der Waals surface area contributed by atoms with Crippen molar-refractivity contribution in [2.24, 2.45) is 17.8 Å². The van der Waals surface area contributed by atoms with Crippen molar-refractivity contribution < 1.29 is 24.2 Å². The Balaban J connectivity index is 1.55. The Morgan fingerprint density at radius 1 is 1.19 bits per heavy atom. The number of thioether (sulfide) groups is 1. The molecule has 4 aliphatic rings. The van der Waals surface area contributed by atoms with Gasteiger partial charge in [-0.3, -0.25) is 14.4 Å². The second-order valence-corrected chi connectivity index (χ2v) is 14.0. The van der Waals surface area contributed by atoms with E-state index in [0.717, 1.165) is 44.1 Å². The molecule has 2 bridgehead atoms. The van der Waals surface area contributed by atoms with Crippen molar-refractivity contribution in [3.05, 3.63) is 61.2 Å². The number of aliphatic hydroxyl groups is 1. The molecule has 4 fully saturated rings. The molecule has 3 unspecified atom stereocenters. The summed E-state index contributed by atoms with van der Waals surface area (Å²) >= 11 is 1.66. The summed E-state index contributed by atoms with van der Waals surface area (Å²) < 4.78 is 4.99. The van der Waals surface area contributed by atoms with Crippen LogP contribution in [0.4, 0.5) is 0 Å². The lowest BCUT2D eigenvalue weighted by molar-refractivity contribution is -0.155. The van der Waals surface area contributed by atoms with E-state index in [4.69, 9.17) is 4.74 Å². The minimum absolute atomic E-state index is 0.0539. The van der Waals surface area contributed by atoms with E-state index in [1.165, 1.54) is 6.42 Å². The normalized spacial score (nSPS) is 31.0. The van der Waals surface area contributed by atoms with Crippen LogP contribution in [0.3, 0.4) is 0 Å². The van der Waals surface area contributed by atoms with Gasteiger partial charge in [0.15, 0.2) is 0 Å². The lowest BCUT2D eigenvalue weighted by Gasteiger charge is -2.44. The molecular formula is C34H46N2O5S. The minimum atomic E-state index is -0.763. The standard InChI is InChI=1S/C34H46N2O5S/c1-4-6-13-19-41-33(40)28-27-20-23(3)34(42-27)29(28)31(38)36(26(22-37)21-24-14-9-7-10-15-24)30(34)32(39)35(18-5-2)25-16-11-8-12-17-25/h4-5,7,9-10,14-15,23,25-30,37H,1-2,6,8,11-13,16-22H2,3H3/t23?,26-,27-,28+,29+,30?,34?/m1/s1. The van der Waals surface area contributed by atoms with Gasteiger partial charge >= 0.3 is 5.97 Å². The first-order valence-corrected chi connectivity index (χ1v) is 16.6. The highest BCUT2D eigenvalue weighted by Gasteiger charge is 2.77. The van der Waals surface area contributed by atoms with Gasteiger partial charge in [0.2, 0.25) is 11.8 Å². The van der Waals surface area contributed by atoms with E-state index in [0.29, 0.717) is 19.4 Å². The summed E-state index contributed by atoms with van der Waals surface area (Å²) in [6.07, 6.45) is 11.4. The molecule has 228 valence electrons. The number of hydrogen-bond donors (Lipinski definition) is 1. The van der Waals surface area contributed by atoms with Gasteiger partial charge in [0.1, 0.15) is 6.04 Å². The fraction of sp³-hybridized carbons (Fsp3) is 0.618. The highest BCUT2D eigenvalue weighted by molar-refractivity contribution is 8.02. The number of ether oxygens (including phenoxy) is 1. The summed E-state index contributed by atoms with van der Waals surface area (Å²) in [4.78, 5) is 46.8. The predicted octanol–water partition coefficient (Wildman–Crippen LogP) is 4.78. The molecule has 8 heteroatoms. The maximum absolute atomic E-state index is 14.9. The third-order valence-corrected chi connectivity index (χ3v) is 12.1. The molecule has 7 nitrogen and oxygen atoms in total. The molecule has 0 radical (unpaired) electrons. The number of carbonyl (C=O) groups excluding carboxylic acids is 3. The second kappa shape index (κ2) is 13.4. The number of carbonyl (C=O) groups is 3. The largest absolute Gasteiger partial charge is 0.465 e. The Morgan fingerprint density at radius 2 is 1.93 bits per heavy atom. The first-order valence-electron chi connectivity index (χ1n) is 15.7. The Labute approximate surface area is 254 Å². The predicted molar refractivity (Wildman–Crippen MR) is 166 cm³/mol. The van der Waals surface area contributed by atoms with E-state index in [1.54, 1.807) is 28.8 Å². The summed E-state index contributed by atoms with van der Waals surface area (Å²) in [5.41, 5.74) is 0.989. The monoisotopic (exact) mass is 594 g/mol. The maximum atomic E-state index is 14.9. The summed E-state index contributed by atoms with van der Waals surface area (Å²) in [6.45, 7) is 10.3. The van der Waals surface area contributed by atoms with Crippen molar-refractivity contribution >= 4 is 29.5 Å². The SMILES string of the molecule is C=CCCCOC(=O)[C@@H]1[C@H]2C(=O)N([C@@H](CO)Cc3ccccc3)C(C(=O)N(CC=C)C3CCCCC3)C23S[C@@H]1CC3C. The molecule has 1 aliphatic carbocycles. The molecule has 7 atom stereocenters. The molecule has 3 saturated heterocycles. The fourth-order valence-electron chi connectivity index (χ4n) is 8.14. The highest BCUT2D eigenvalue weighted by Crippen LogP contribution is 2.69. The molecule has 2 amide bonds. The Bertz CT molecular complexity index is 1150. The topological polar surface area (TPSA) is 87.1 Å². The van der Waals surface area contributed by atoms with Gasteiger partial charge in [0, 0.05) is 17.8 Å². The van der Waals surface area contributed by atoms with Gasteiger partial charge in [-0.2, -0.15) is 0 Å². The number of hydrogen-bond acceptors (Lipinski definition) is 6.